The van der Waals surface area contributed by atoms with Gasteiger partial charge in [0.25, 0.3) is 0 Å². The number of rotatable bonds is 2. The molecule has 0 spiro atoms. The van der Waals surface area contributed by atoms with Crippen LogP contribution in [0.15, 0.2) is 54.6 Å². The van der Waals surface area contributed by atoms with E-state index in [4.69, 9.17) is 25.5 Å². The molecule has 0 aliphatic rings. The second-order valence-corrected chi connectivity index (χ2v) is 4.25. The number of hydrogen-bond donors (Lipinski definition) is 1. The van der Waals surface area contributed by atoms with Crippen LogP contribution in [-0.2, 0) is 32.9 Å². The van der Waals surface area contributed by atoms with Crippen LogP contribution in [0, 0.1) is 0 Å². The van der Waals surface area contributed by atoms with Crippen LogP contribution in [-0.4, -0.2) is 11.9 Å². The minimum absolute atomic E-state index is 0. The molecule has 0 saturated carbocycles. The number of carbonyl (C=O) groups is 2. The third kappa shape index (κ3) is 13.2. The fourth-order valence-corrected chi connectivity index (χ4v) is 1.46. The van der Waals surface area contributed by atoms with Gasteiger partial charge in [0.1, 0.15) is 0 Å². The molecule has 0 saturated heterocycles. The third-order valence-electron chi connectivity index (χ3n) is 2.30. The van der Waals surface area contributed by atoms with Gasteiger partial charge in [-0.25, -0.2) is 0 Å². The number of aliphatic carboxylic acids is 2. The van der Waals surface area contributed by atoms with Crippen LogP contribution in [0.1, 0.15) is 19.4 Å². The zero-order chi connectivity index (χ0) is 17.0. The fraction of sp³-hybridized carbons (Fsp3) is 0.176. The van der Waals surface area contributed by atoms with Crippen molar-refractivity contribution >= 4 is 11.9 Å². The van der Waals surface area contributed by atoms with Crippen LogP contribution in [0.2, 0.25) is 0 Å². The average Bonchev–Trinajstić information content (AvgIpc) is 2.47. The number of carboxylic acid groups (broad SMARTS) is 2. The van der Waals surface area contributed by atoms with E-state index in [1.165, 1.54) is 16.7 Å². The van der Waals surface area contributed by atoms with Crippen molar-refractivity contribution in [1.29, 1.82) is 0 Å². The Balaban J connectivity index is 0. The smallest absolute Gasteiger partial charge is 0.550 e. The summed E-state index contributed by atoms with van der Waals surface area (Å²) in [5, 5.41) is 17.8. The fourth-order valence-electron chi connectivity index (χ4n) is 1.46. The number of hydrogen-bond acceptors (Lipinski definition) is 5. The van der Waals surface area contributed by atoms with Gasteiger partial charge in [-0.1, -0.05) is 54.6 Å². The summed E-state index contributed by atoms with van der Waals surface area (Å²) in [6.07, 6.45) is 0. The van der Waals surface area contributed by atoms with E-state index in [9.17, 15) is 0 Å². The van der Waals surface area contributed by atoms with Gasteiger partial charge in [0.15, 0.2) is 0 Å². The molecule has 1 radical (unpaired) electrons. The van der Waals surface area contributed by atoms with E-state index in [-0.39, 0.29) is 16.8 Å². The molecule has 0 bridgehead atoms. The molecule has 0 atom stereocenters. The molecule has 0 fully saturated rings. The van der Waals surface area contributed by atoms with E-state index in [0.29, 0.717) is 6.54 Å². The van der Waals surface area contributed by atoms with Crippen LogP contribution in [0.4, 0.5) is 0 Å². The minimum atomic E-state index is -1.08. The summed E-state index contributed by atoms with van der Waals surface area (Å²) in [7, 11) is 0. The maximum atomic E-state index is 8.89. The van der Waals surface area contributed by atoms with Gasteiger partial charge in [-0.15, -0.1) is 0 Å². The van der Waals surface area contributed by atoms with Crippen LogP contribution in [0.25, 0.3) is 11.1 Å². The Labute approximate surface area is 146 Å². The minimum Gasteiger partial charge on any atom is -0.550 e. The second-order valence-electron chi connectivity index (χ2n) is 4.25. The molecule has 5 nitrogen and oxygen atoms in total. The molecule has 0 amide bonds. The van der Waals surface area contributed by atoms with E-state index < -0.39 is 11.9 Å². The van der Waals surface area contributed by atoms with E-state index in [1.807, 2.05) is 18.2 Å². The first-order chi connectivity index (χ1) is 10.4. The number of carbonyl (C=O) groups excluding carboxylic acids is 2. The molecule has 23 heavy (non-hydrogen) atoms. The summed E-state index contributed by atoms with van der Waals surface area (Å²) in [6, 6.07) is 18.7. The quantitative estimate of drug-likeness (QED) is 0.830. The van der Waals surface area contributed by atoms with Gasteiger partial charge in [-0.3, -0.25) is 0 Å². The molecule has 2 aromatic carbocycles. The first-order valence-electron chi connectivity index (χ1n) is 6.56. The van der Waals surface area contributed by atoms with Crippen LogP contribution >= 0.6 is 0 Å². The monoisotopic (exact) mass is 360 g/mol. The second kappa shape index (κ2) is 13.5. The van der Waals surface area contributed by atoms with Gasteiger partial charge >= 0.3 is 16.8 Å². The maximum absolute atomic E-state index is 8.89. The summed E-state index contributed by atoms with van der Waals surface area (Å²) in [5.41, 5.74) is 9.19. The number of benzene rings is 2. The van der Waals surface area contributed by atoms with Crippen molar-refractivity contribution in [2.75, 3.05) is 0 Å². The third-order valence-corrected chi connectivity index (χ3v) is 2.30. The topological polar surface area (TPSA) is 106 Å². The largest absolute Gasteiger partial charge is 2.00 e. The van der Waals surface area contributed by atoms with Crippen molar-refractivity contribution in [3.8, 4) is 11.1 Å². The van der Waals surface area contributed by atoms with Gasteiger partial charge in [0.05, 0.1) is 0 Å². The zero-order valence-electron chi connectivity index (χ0n) is 12.9. The Morgan fingerprint density at radius 2 is 1.17 bits per heavy atom. The summed E-state index contributed by atoms with van der Waals surface area (Å²) >= 11 is 0. The molecular formula is C17H19CoNO4. The molecule has 0 aromatic heterocycles. The normalized spacial score (nSPS) is 8.30. The Kier molecular flexibility index (Phi) is 13.6. The Morgan fingerprint density at radius 3 is 1.52 bits per heavy atom. The molecular weight excluding hydrogens is 341 g/mol. The van der Waals surface area contributed by atoms with Gasteiger partial charge < -0.3 is 25.5 Å². The van der Waals surface area contributed by atoms with Crippen molar-refractivity contribution in [3.63, 3.8) is 0 Å². The predicted molar refractivity (Wildman–Crippen MR) is 81.1 cm³/mol. The summed E-state index contributed by atoms with van der Waals surface area (Å²) < 4.78 is 0. The summed E-state index contributed by atoms with van der Waals surface area (Å²) in [5.74, 6) is -2.17. The van der Waals surface area contributed by atoms with Crippen LogP contribution in [0.3, 0.4) is 0 Å². The maximum Gasteiger partial charge on any atom is 2.00 e. The van der Waals surface area contributed by atoms with Gasteiger partial charge in [0.2, 0.25) is 0 Å². The first kappa shape index (κ1) is 23.1. The number of nitrogens with two attached hydrogens (primary N) is 1. The Bertz CT molecular complexity index is 551. The van der Waals surface area contributed by atoms with Crippen molar-refractivity contribution in [3.05, 3.63) is 60.2 Å². The molecule has 0 aliphatic heterocycles. The van der Waals surface area contributed by atoms with Gasteiger partial charge in [-0.05, 0) is 30.5 Å². The molecule has 0 aliphatic carbocycles. The Morgan fingerprint density at radius 1 is 0.826 bits per heavy atom. The molecule has 0 unspecified atom stereocenters. The molecule has 2 aromatic rings. The molecule has 2 N–H and O–H groups in total. The van der Waals surface area contributed by atoms with Crippen LogP contribution in [0.5, 0.6) is 0 Å². The molecule has 6 heteroatoms. The van der Waals surface area contributed by atoms with E-state index >= 15 is 0 Å². The standard InChI is InChI=1S/C13H13N.2C2H4O2.Co/c14-10-11-6-8-13(9-7-11)12-4-2-1-3-5-12;2*1-2(3)4;/h1-9H,10,14H2;2*1H3,(H,3,4);/q;;;+2/p-2. The summed E-state index contributed by atoms with van der Waals surface area (Å²) in [6.45, 7) is 2.55. The van der Waals surface area contributed by atoms with Crippen molar-refractivity contribution in [2.45, 2.75) is 20.4 Å². The van der Waals surface area contributed by atoms with E-state index in [0.717, 1.165) is 13.8 Å². The average molecular weight is 360 g/mol. The van der Waals surface area contributed by atoms with E-state index in [1.54, 1.807) is 0 Å². The van der Waals surface area contributed by atoms with Gasteiger partial charge in [0, 0.05) is 18.5 Å². The SMILES string of the molecule is CC(=O)[O-].CC(=O)[O-].NCc1ccc(-c2ccccc2)cc1.[Co+2]. The van der Waals surface area contributed by atoms with Crippen LogP contribution < -0.4 is 15.9 Å². The summed E-state index contributed by atoms with van der Waals surface area (Å²) in [4.78, 5) is 17.8. The first-order valence-corrected chi connectivity index (χ1v) is 6.56. The van der Waals surface area contributed by atoms with E-state index in [2.05, 4.69) is 36.4 Å². The zero-order valence-corrected chi connectivity index (χ0v) is 14.0. The predicted octanol–water partition coefficient (Wildman–Crippen LogP) is 0.322. The van der Waals surface area contributed by atoms with Crippen molar-refractivity contribution < 1.29 is 36.6 Å². The van der Waals surface area contributed by atoms with Gasteiger partial charge in [-0.2, -0.15) is 0 Å². The molecule has 2 rings (SSSR count). The molecule has 0 heterocycles. The Hall–Kier alpha value is -2.15. The number of carboxylic acids is 2. The molecule has 125 valence electrons. The van der Waals surface area contributed by atoms with Crippen molar-refractivity contribution in [1.82, 2.24) is 0 Å². The van der Waals surface area contributed by atoms with Crippen molar-refractivity contribution in [2.24, 2.45) is 5.73 Å².